The van der Waals surface area contributed by atoms with E-state index >= 15 is 0 Å². The first-order chi connectivity index (χ1) is 9.38. The average Bonchev–Trinajstić information content (AvgIpc) is 2.38. The Kier molecular flexibility index (Phi) is 4.73. The molecule has 20 heavy (non-hydrogen) atoms. The van der Waals surface area contributed by atoms with E-state index in [2.05, 4.69) is 15.9 Å². The highest BCUT2D eigenvalue weighted by Crippen LogP contribution is 2.27. The van der Waals surface area contributed by atoms with Gasteiger partial charge in [-0.05, 0) is 45.8 Å². The van der Waals surface area contributed by atoms with Crippen LogP contribution < -0.4 is 0 Å². The highest BCUT2D eigenvalue weighted by atomic mass is 79.9. The van der Waals surface area contributed by atoms with Gasteiger partial charge in [-0.25, -0.2) is 13.2 Å². The van der Waals surface area contributed by atoms with Crippen LogP contribution in [0.4, 0.5) is 13.2 Å². The molecule has 0 fully saturated rings. The molecule has 6 heteroatoms. The number of aliphatic hydroxyl groups is 1. The molecule has 2 aromatic carbocycles. The molecule has 0 aliphatic carbocycles. The molecule has 0 aliphatic heterocycles. The van der Waals surface area contributed by atoms with E-state index in [0.717, 1.165) is 12.1 Å². The molecule has 0 amide bonds. The lowest BCUT2D eigenvalue weighted by Gasteiger charge is -2.13. The molecule has 106 valence electrons. The Morgan fingerprint density at radius 3 is 2.40 bits per heavy atom. The van der Waals surface area contributed by atoms with Crippen LogP contribution in [0, 0.1) is 17.5 Å². The molecule has 0 radical (unpaired) electrons. The van der Waals surface area contributed by atoms with Gasteiger partial charge < -0.3 is 5.11 Å². The summed E-state index contributed by atoms with van der Waals surface area (Å²) in [5.41, 5.74) is 0.396. The van der Waals surface area contributed by atoms with Crippen molar-refractivity contribution in [3.05, 3.63) is 68.4 Å². The molecule has 0 aliphatic rings. The SMILES string of the molecule is OC(Cc1ccc(F)c(Br)c1)c1cc(F)c(Cl)cc1F. The molecule has 1 unspecified atom stereocenters. The van der Waals surface area contributed by atoms with Crippen molar-refractivity contribution in [1.29, 1.82) is 0 Å². The molecule has 1 atom stereocenters. The Labute approximate surface area is 127 Å². The number of hydrogen-bond donors (Lipinski definition) is 1. The summed E-state index contributed by atoms with van der Waals surface area (Å²) >= 11 is 8.46. The van der Waals surface area contributed by atoms with Crippen molar-refractivity contribution in [2.75, 3.05) is 0 Å². The second-order valence-electron chi connectivity index (χ2n) is 4.26. The third-order valence-corrected chi connectivity index (χ3v) is 3.71. The molecule has 0 saturated carbocycles. The van der Waals surface area contributed by atoms with Gasteiger partial charge in [0.15, 0.2) is 0 Å². The maximum absolute atomic E-state index is 13.6. The lowest BCUT2D eigenvalue weighted by molar-refractivity contribution is 0.173. The van der Waals surface area contributed by atoms with Gasteiger partial charge in [0.25, 0.3) is 0 Å². The molecule has 0 aromatic heterocycles. The lowest BCUT2D eigenvalue weighted by Crippen LogP contribution is -2.05. The minimum Gasteiger partial charge on any atom is -0.388 e. The summed E-state index contributed by atoms with van der Waals surface area (Å²) in [7, 11) is 0. The van der Waals surface area contributed by atoms with E-state index in [1.165, 1.54) is 18.2 Å². The van der Waals surface area contributed by atoms with Gasteiger partial charge in [0.1, 0.15) is 17.5 Å². The Hall–Kier alpha value is -1.04. The lowest BCUT2D eigenvalue weighted by atomic mass is 10.0. The second-order valence-corrected chi connectivity index (χ2v) is 5.52. The molecule has 1 nitrogen and oxygen atoms in total. The summed E-state index contributed by atoms with van der Waals surface area (Å²) in [5.74, 6) is -2.03. The van der Waals surface area contributed by atoms with Gasteiger partial charge >= 0.3 is 0 Å². The van der Waals surface area contributed by atoms with Crippen molar-refractivity contribution < 1.29 is 18.3 Å². The number of benzene rings is 2. The Balaban J connectivity index is 2.25. The smallest absolute Gasteiger partial charge is 0.142 e. The van der Waals surface area contributed by atoms with Gasteiger partial charge in [-0.15, -0.1) is 0 Å². The van der Waals surface area contributed by atoms with E-state index in [9.17, 15) is 18.3 Å². The zero-order valence-corrected chi connectivity index (χ0v) is 12.4. The summed E-state index contributed by atoms with van der Waals surface area (Å²) in [4.78, 5) is 0. The van der Waals surface area contributed by atoms with Gasteiger partial charge in [0.05, 0.1) is 15.6 Å². The molecule has 0 spiro atoms. The van der Waals surface area contributed by atoms with E-state index < -0.39 is 23.6 Å². The first-order valence-electron chi connectivity index (χ1n) is 5.65. The number of rotatable bonds is 3. The van der Waals surface area contributed by atoms with Crippen molar-refractivity contribution in [2.45, 2.75) is 12.5 Å². The summed E-state index contributed by atoms with van der Waals surface area (Å²) in [6, 6.07) is 5.85. The van der Waals surface area contributed by atoms with E-state index in [-0.39, 0.29) is 21.5 Å². The fraction of sp³-hybridized carbons (Fsp3) is 0.143. The quantitative estimate of drug-likeness (QED) is 0.775. The van der Waals surface area contributed by atoms with Gasteiger partial charge in [-0.3, -0.25) is 0 Å². The first kappa shape index (κ1) is 15.4. The van der Waals surface area contributed by atoms with Crippen molar-refractivity contribution in [3.8, 4) is 0 Å². The average molecular weight is 366 g/mol. The minimum absolute atomic E-state index is 0.0247. The van der Waals surface area contributed by atoms with Crippen LogP contribution in [-0.2, 0) is 6.42 Å². The largest absolute Gasteiger partial charge is 0.388 e. The van der Waals surface area contributed by atoms with Crippen LogP contribution in [0.15, 0.2) is 34.8 Å². The maximum Gasteiger partial charge on any atom is 0.142 e. The summed E-state index contributed by atoms with van der Waals surface area (Å²) in [6.45, 7) is 0. The highest BCUT2D eigenvalue weighted by Gasteiger charge is 2.17. The predicted molar refractivity (Wildman–Crippen MR) is 74.1 cm³/mol. The van der Waals surface area contributed by atoms with Crippen LogP contribution in [-0.4, -0.2) is 5.11 Å². The molecule has 1 N–H and O–H groups in total. The number of aliphatic hydroxyl groups excluding tert-OH is 1. The fourth-order valence-corrected chi connectivity index (χ4v) is 2.37. The van der Waals surface area contributed by atoms with Crippen molar-refractivity contribution in [3.63, 3.8) is 0 Å². The zero-order valence-electron chi connectivity index (χ0n) is 10.0. The molecular weight excluding hydrogens is 357 g/mol. The van der Waals surface area contributed by atoms with Crippen LogP contribution in [0.2, 0.25) is 5.02 Å². The van der Waals surface area contributed by atoms with Crippen LogP contribution in [0.1, 0.15) is 17.2 Å². The third-order valence-electron chi connectivity index (χ3n) is 2.81. The molecule has 0 heterocycles. The monoisotopic (exact) mass is 364 g/mol. The molecule has 0 bridgehead atoms. The van der Waals surface area contributed by atoms with Crippen LogP contribution in [0.25, 0.3) is 0 Å². The molecule has 0 saturated heterocycles. The van der Waals surface area contributed by atoms with Gasteiger partial charge in [0.2, 0.25) is 0 Å². The van der Waals surface area contributed by atoms with Crippen LogP contribution >= 0.6 is 27.5 Å². The van der Waals surface area contributed by atoms with E-state index in [1.807, 2.05) is 0 Å². The maximum atomic E-state index is 13.6. The van der Waals surface area contributed by atoms with E-state index in [4.69, 9.17) is 11.6 Å². The van der Waals surface area contributed by atoms with Crippen molar-refractivity contribution >= 4 is 27.5 Å². The van der Waals surface area contributed by atoms with Crippen molar-refractivity contribution in [2.24, 2.45) is 0 Å². The standard InChI is InChI=1S/C14H9BrClF3O/c15-9-3-7(1-2-11(9)17)4-14(20)8-5-13(19)10(16)6-12(8)18/h1-3,5-6,14,20H,4H2. The summed E-state index contributed by atoms with van der Waals surface area (Å²) < 4.78 is 40.3. The Bertz CT molecular complexity index is 649. The Morgan fingerprint density at radius 1 is 1.05 bits per heavy atom. The predicted octanol–water partition coefficient (Wildman–Crippen LogP) is 4.80. The second kappa shape index (κ2) is 6.16. The summed E-state index contributed by atoms with van der Waals surface area (Å²) in [5, 5.41) is 9.63. The van der Waals surface area contributed by atoms with Gasteiger partial charge in [0, 0.05) is 12.0 Å². The van der Waals surface area contributed by atoms with E-state index in [1.54, 1.807) is 0 Å². The summed E-state index contributed by atoms with van der Waals surface area (Å²) in [6.07, 6.45) is -1.23. The number of hydrogen-bond acceptors (Lipinski definition) is 1. The third kappa shape index (κ3) is 3.34. The normalized spacial score (nSPS) is 12.5. The fourth-order valence-electron chi connectivity index (χ4n) is 1.79. The first-order valence-corrected chi connectivity index (χ1v) is 6.82. The number of halogens is 5. The van der Waals surface area contributed by atoms with Crippen LogP contribution in [0.3, 0.4) is 0 Å². The topological polar surface area (TPSA) is 20.2 Å². The highest BCUT2D eigenvalue weighted by molar-refractivity contribution is 9.10. The van der Waals surface area contributed by atoms with Gasteiger partial charge in [-0.2, -0.15) is 0 Å². The van der Waals surface area contributed by atoms with Gasteiger partial charge in [-0.1, -0.05) is 17.7 Å². The minimum atomic E-state index is -1.25. The molecule has 2 rings (SSSR count). The Morgan fingerprint density at radius 2 is 1.75 bits per heavy atom. The molecular formula is C14H9BrClF3O. The zero-order chi connectivity index (χ0) is 14.9. The van der Waals surface area contributed by atoms with E-state index in [0.29, 0.717) is 5.56 Å². The van der Waals surface area contributed by atoms with Crippen LogP contribution in [0.5, 0.6) is 0 Å². The molecule has 2 aromatic rings. The van der Waals surface area contributed by atoms with Crippen molar-refractivity contribution in [1.82, 2.24) is 0 Å².